The Morgan fingerprint density at radius 3 is 2.60 bits per heavy atom. The first-order valence-corrected chi connectivity index (χ1v) is 5.25. The molecule has 0 saturated carbocycles. The largest absolute Gasteiger partial charge is 0.374 e. The molecule has 0 aliphatic heterocycles. The van der Waals surface area contributed by atoms with Gasteiger partial charge in [-0.1, -0.05) is 13.0 Å². The van der Waals surface area contributed by atoms with Gasteiger partial charge in [-0.25, -0.2) is 4.39 Å². The number of hydrogen-bond acceptors (Lipinski definition) is 2. The lowest BCUT2D eigenvalue weighted by molar-refractivity contribution is 0.0507. The average molecular weight is 211 g/mol. The van der Waals surface area contributed by atoms with Crippen LogP contribution < -0.4 is 5.73 Å². The van der Waals surface area contributed by atoms with Crippen molar-refractivity contribution in [3.8, 4) is 0 Å². The van der Waals surface area contributed by atoms with Gasteiger partial charge in [0, 0.05) is 6.54 Å². The monoisotopic (exact) mass is 211 g/mol. The third-order valence-electron chi connectivity index (χ3n) is 2.36. The maximum absolute atomic E-state index is 13.1. The van der Waals surface area contributed by atoms with Crippen LogP contribution in [0.1, 0.15) is 31.4 Å². The highest BCUT2D eigenvalue weighted by Gasteiger charge is 2.02. The first-order chi connectivity index (χ1) is 7.15. The molecule has 84 valence electrons. The molecule has 1 aromatic carbocycles. The normalized spacial score (nSPS) is 12.8. The molecule has 0 heterocycles. The van der Waals surface area contributed by atoms with Crippen LogP contribution in [0.5, 0.6) is 0 Å². The maximum atomic E-state index is 13.1. The van der Waals surface area contributed by atoms with Crippen LogP contribution in [0.2, 0.25) is 0 Å². The van der Waals surface area contributed by atoms with Crippen LogP contribution in [0.25, 0.3) is 0 Å². The van der Waals surface area contributed by atoms with Crippen LogP contribution in [-0.4, -0.2) is 6.10 Å². The van der Waals surface area contributed by atoms with Crippen molar-refractivity contribution >= 4 is 0 Å². The summed E-state index contributed by atoms with van der Waals surface area (Å²) >= 11 is 0. The molecule has 0 fully saturated rings. The zero-order valence-electron chi connectivity index (χ0n) is 9.29. The molecule has 1 unspecified atom stereocenters. The molecule has 2 nitrogen and oxygen atoms in total. The SMILES string of the molecule is CCC(C)OCc1cc(F)cc(CN)c1. The summed E-state index contributed by atoms with van der Waals surface area (Å²) in [6.45, 7) is 4.86. The van der Waals surface area contributed by atoms with Gasteiger partial charge in [0.1, 0.15) is 5.82 Å². The standard InChI is InChI=1S/C12H18FNO/c1-3-9(2)15-8-11-4-10(7-14)5-12(13)6-11/h4-6,9H,3,7-8,14H2,1-2H3. The summed E-state index contributed by atoms with van der Waals surface area (Å²) in [6.07, 6.45) is 1.16. The molecule has 0 radical (unpaired) electrons. The lowest BCUT2D eigenvalue weighted by atomic mass is 10.1. The smallest absolute Gasteiger partial charge is 0.123 e. The van der Waals surface area contributed by atoms with E-state index in [2.05, 4.69) is 6.92 Å². The predicted octanol–water partition coefficient (Wildman–Crippen LogP) is 2.60. The molecule has 0 amide bonds. The Hall–Kier alpha value is -0.930. The van der Waals surface area contributed by atoms with Crippen molar-refractivity contribution in [2.24, 2.45) is 5.73 Å². The number of benzene rings is 1. The van der Waals surface area contributed by atoms with E-state index < -0.39 is 0 Å². The van der Waals surface area contributed by atoms with Crippen molar-refractivity contribution in [3.05, 3.63) is 35.1 Å². The van der Waals surface area contributed by atoms with Crippen LogP contribution in [0.4, 0.5) is 4.39 Å². The zero-order valence-corrected chi connectivity index (χ0v) is 9.29. The first kappa shape index (κ1) is 12.1. The van der Waals surface area contributed by atoms with Crippen molar-refractivity contribution in [1.82, 2.24) is 0 Å². The molecule has 2 N–H and O–H groups in total. The minimum atomic E-state index is -0.249. The van der Waals surface area contributed by atoms with Gasteiger partial charge in [0.25, 0.3) is 0 Å². The first-order valence-electron chi connectivity index (χ1n) is 5.25. The molecule has 15 heavy (non-hydrogen) atoms. The van der Waals surface area contributed by atoms with Crippen LogP contribution in [0, 0.1) is 5.82 Å². The summed E-state index contributed by atoms with van der Waals surface area (Å²) in [4.78, 5) is 0. The van der Waals surface area contributed by atoms with Gasteiger partial charge in [-0.05, 0) is 36.6 Å². The van der Waals surface area contributed by atoms with Gasteiger partial charge in [0.2, 0.25) is 0 Å². The maximum Gasteiger partial charge on any atom is 0.123 e. The van der Waals surface area contributed by atoms with E-state index >= 15 is 0 Å². The van der Waals surface area contributed by atoms with Crippen LogP contribution in [0.3, 0.4) is 0 Å². The quantitative estimate of drug-likeness (QED) is 0.812. The van der Waals surface area contributed by atoms with Crippen molar-refractivity contribution in [3.63, 3.8) is 0 Å². The van der Waals surface area contributed by atoms with Crippen LogP contribution in [-0.2, 0) is 17.9 Å². The van der Waals surface area contributed by atoms with Crippen molar-refractivity contribution in [2.45, 2.75) is 39.5 Å². The van der Waals surface area contributed by atoms with Gasteiger partial charge >= 0.3 is 0 Å². The predicted molar refractivity (Wildman–Crippen MR) is 58.8 cm³/mol. The number of hydrogen-bond donors (Lipinski definition) is 1. The van der Waals surface area contributed by atoms with E-state index in [-0.39, 0.29) is 11.9 Å². The molecular formula is C12H18FNO. The van der Waals surface area contributed by atoms with Gasteiger partial charge in [-0.2, -0.15) is 0 Å². The zero-order chi connectivity index (χ0) is 11.3. The number of ether oxygens (including phenoxy) is 1. The lowest BCUT2D eigenvalue weighted by Gasteiger charge is -2.11. The molecule has 0 aliphatic carbocycles. The van der Waals surface area contributed by atoms with Gasteiger partial charge in [-0.15, -0.1) is 0 Å². The van der Waals surface area contributed by atoms with E-state index in [9.17, 15) is 4.39 Å². The average Bonchev–Trinajstić information content (AvgIpc) is 2.25. The summed E-state index contributed by atoms with van der Waals surface area (Å²) in [5, 5.41) is 0. The summed E-state index contributed by atoms with van der Waals surface area (Å²) in [5.74, 6) is -0.249. The van der Waals surface area contributed by atoms with E-state index in [4.69, 9.17) is 10.5 Å². The minimum absolute atomic E-state index is 0.203. The fourth-order valence-electron chi connectivity index (χ4n) is 1.27. The minimum Gasteiger partial charge on any atom is -0.374 e. The van der Waals surface area contributed by atoms with Crippen LogP contribution >= 0.6 is 0 Å². The van der Waals surface area contributed by atoms with E-state index in [1.807, 2.05) is 13.0 Å². The fourth-order valence-corrected chi connectivity index (χ4v) is 1.27. The van der Waals surface area contributed by atoms with Crippen molar-refractivity contribution < 1.29 is 9.13 Å². The second-order valence-corrected chi connectivity index (χ2v) is 3.70. The Morgan fingerprint density at radius 2 is 2.00 bits per heavy atom. The van der Waals surface area contributed by atoms with E-state index in [0.717, 1.165) is 17.5 Å². The summed E-state index contributed by atoms with van der Waals surface area (Å²) in [6, 6.07) is 4.82. The van der Waals surface area contributed by atoms with Gasteiger partial charge < -0.3 is 10.5 Å². The summed E-state index contributed by atoms with van der Waals surface area (Å²) in [5.41, 5.74) is 7.11. The lowest BCUT2D eigenvalue weighted by Crippen LogP contribution is -2.07. The van der Waals surface area contributed by atoms with Crippen LogP contribution in [0.15, 0.2) is 18.2 Å². The third kappa shape index (κ3) is 3.98. The highest BCUT2D eigenvalue weighted by molar-refractivity contribution is 5.24. The topological polar surface area (TPSA) is 35.2 Å². The highest BCUT2D eigenvalue weighted by atomic mass is 19.1. The molecular weight excluding hydrogens is 193 g/mol. The Morgan fingerprint density at radius 1 is 1.33 bits per heavy atom. The molecule has 3 heteroatoms. The second-order valence-electron chi connectivity index (χ2n) is 3.70. The van der Waals surface area contributed by atoms with Gasteiger partial charge in [-0.3, -0.25) is 0 Å². The van der Waals surface area contributed by atoms with Gasteiger partial charge in [0.05, 0.1) is 12.7 Å². The molecule has 0 saturated heterocycles. The number of halogens is 1. The Labute approximate surface area is 90.2 Å². The Kier molecular flexibility index (Phi) is 4.72. The summed E-state index contributed by atoms with van der Waals surface area (Å²) < 4.78 is 18.6. The van der Waals surface area contributed by atoms with Crippen molar-refractivity contribution in [1.29, 1.82) is 0 Å². The van der Waals surface area contributed by atoms with Crippen molar-refractivity contribution in [2.75, 3.05) is 0 Å². The van der Waals surface area contributed by atoms with Gasteiger partial charge in [0.15, 0.2) is 0 Å². The van der Waals surface area contributed by atoms with E-state index in [1.165, 1.54) is 12.1 Å². The molecule has 0 aliphatic rings. The Bertz CT molecular complexity index is 314. The second kappa shape index (κ2) is 5.83. The molecule has 0 bridgehead atoms. The fraction of sp³-hybridized carbons (Fsp3) is 0.500. The number of nitrogens with two attached hydrogens (primary N) is 1. The third-order valence-corrected chi connectivity index (χ3v) is 2.36. The molecule has 0 aromatic heterocycles. The van der Waals surface area contributed by atoms with E-state index in [1.54, 1.807) is 0 Å². The Balaban J connectivity index is 2.64. The molecule has 1 aromatic rings. The molecule has 1 rings (SSSR count). The highest BCUT2D eigenvalue weighted by Crippen LogP contribution is 2.11. The molecule has 0 spiro atoms. The van der Waals surface area contributed by atoms with E-state index in [0.29, 0.717) is 13.2 Å². The number of rotatable bonds is 5. The molecule has 1 atom stereocenters. The summed E-state index contributed by atoms with van der Waals surface area (Å²) in [7, 11) is 0.